The molecule has 0 unspecified atom stereocenters. The third-order valence-corrected chi connectivity index (χ3v) is 3.07. The van der Waals surface area contributed by atoms with Crippen LogP contribution in [-0.4, -0.2) is 30.7 Å². The summed E-state index contributed by atoms with van der Waals surface area (Å²) in [6, 6.07) is 7.93. The molecule has 104 valence electrons. The molecule has 19 heavy (non-hydrogen) atoms. The van der Waals surface area contributed by atoms with E-state index in [4.69, 9.17) is 9.57 Å². The van der Waals surface area contributed by atoms with Crippen LogP contribution in [0.1, 0.15) is 31.2 Å². The summed E-state index contributed by atoms with van der Waals surface area (Å²) in [7, 11) is 0. The maximum Gasteiger partial charge on any atom is 0.246 e. The first-order valence-corrected chi connectivity index (χ1v) is 6.88. The number of aryl methyl sites for hydroxylation is 1. The number of hydrogen-bond acceptors (Lipinski definition) is 3. The maximum absolute atomic E-state index is 11.8. The third-order valence-electron chi connectivity index (χ3n) is 3.07. The van der Waals surface area contributed by atoms with E-state index >= 15 is 0 Å². The molecule has 4 nitrogen and oxygen atoms in total. The average molecular weight is 263 g/mol. The van der Waals surface area contributed by atoms with Crippen molar-refractivity contribution in [1.82, 2.24) is 5.06 Å². The van der Waals surface area contributed by atoms with Crippen LogP contribution < -0.4 is 4.74 Å². The van der Waals surface area contributed by atoms with Gasteiger partial charge in [0, 0.05) is 13.0 Å². The monoisotopic (exact) mass is 263 g/mol. The van der Waals surface area contributed by atoms with Gasteiger partial charge in [-0.2, -0.15) is 0 Å². The highest BCUT2D eigenvalue weighted by molar-refractivity contribution is 5.75. The van der Waals surface area contributed by atoms with Crippen molar-refractivity contribution in [3.8, 4) is 5.75 Å². The predicted molar refractivity (Wildman–Crippen MR) is 72.8 cm³/mol. The first-order chi connectivity index (χ1) is 9.25. The molecule has 1 heterocycles. The minimum absolute atomic E-state index is 0.0625. The number of carbonyl (C=O) groups excluding carboxylic acids is 1. The maximum atomic E-state index is 11.8. The molecule has 4 heteroatoms. The molecule has 2 rings (SSSR count). The Kier molecular flexibility index (Phi) is 5.21. The van der Waals surface area contributed by atoms with Crippen LogP contribution in [0.3, 0.4) is 0 Å². The number of rotatable bonds is 5. The molecule has 1 fully saturated rings. The van der Waals surface area contributed by atoms with Crippen molar-refractivity contribution in [3.63, 3.8) is 0 Å². The van der Waals surface area contributed by atoms with Crippen LogP contribution in [0.15, 0.2) is 24.3 Å². The zero-order valence-electron chi connectivity index (χ0n) is 11.4. The van der Waals surface area contributed by atoms with Crippen molar-refractivity contribution in [2.45, 2.75) is 32.6 Å². The second-order valence-electron chi connectivity index (χ2n) is 4.80. The van der Waals surface area contributed by atoms with Crippen LogP contribution in [0, 0.1) is 6.92 Å². The van der Waals surface area contributed by atoms with Crippen LogP contribution >= 0.6 is 0 Å². The van der Waals surface area contributed by atoms with E-state index < -0.39 is 0 Å². The number of nitrogens with zero attached hydrogens (tertiary/aromatic N) is 1. The predicted octanol–water partition coefficient (Wildman–Crippen LogP) is 2.71. The van der Waals surface area contributed by atoms with Gasteiger partial charge in [-0.15, -0.1) is 0 Å². The van der Waals surface area contributed by atoms with Gasteiger partial charge >= 0.3 is 0 Å². The van der Waals surface area contributed by atoms with E-state index in [0.717, 1.165) is 25.1 Å². The van der Waals surface area contributed by atoms with E-state index in [0.29, 0.717) is 26.1 Å². The van der Waals surface area contributed by atoms with Crippen molar-refractivity contribution in [2.24, 2.45) is 0 Å². The zero-order valence-corrected chi connectivity index (χ0v) is 11.4. The van der Waals surface area contributed by atoms with Gasteiger partial charge in [-0.1, -0.05) is 12.1 Å². The fourth-order valence-corrected chi connectivity index (χ4v) is 2.04. The first kappa shape index (κ1) is 13.9. The van der Waals surface area contributed by atoms with Crippen molar-refractivity contribution in [3.05, 3.63) is 29.8 Å². The first-order valence-electron chi connectivity index (χ1n) is 6.88. The molecule has 1 aromatic carbocycles. The Bertz CT molecular complexity index is 414. The Labute approximate surface area is 114 Å². The van der Waals surface area contributed by atoms with Gasteiger partial charge in [0.05, 0.1) is 13.2 Å². The van der Waals surface area contributed by atoms with E-state index in [9.17, 15) is 4.79 Å². The van der Waals surface area contributed by atoms with Crippen LogP contribution in [0.4, 0.5) is 0 Å². The molecule has 1 amide bonds. The minimum Gasteiger partial charge on any atom is -0.494 e. The molecule has 0 saturated carbocycles. The molecule has 0 N–H and O–H groups in total. The van der Waals surface area contributed by atoms with Crippen LogP contribution in [0.25, 0.3) is 0 Å². The fraction of sp³-hybridized carbons (Fsp3) is 0.533. The van der Waals surface area contributed by atoms with Gasteiger partial charge in [0.15, 0.2) is 0 Å². The normalized spacial score (nSPS) is 15.3. The second kappa shape index (κ2) is 7.14. The molecule has 1 aliphatic rings. The molecular formula is C15H21NO3. The van der Waals surface area contributed by atoms with Gasteiger partial charge in [0.1, 0.15) is 5.75 Å². The number of amides is 1. The van der Waals surface area contributed by atoms with E-state index in [-0.39, 0.29) is 5.91 Å². The Morgan fingerprint density at radius 2 is 2.32 bits per heavy atom. The highest BCUT2D eigenvalue weighted by Crippen LogP contribution is 2.13. The van der Waals surface area contributed by atoms with Crippen LogP contribution in [0.2, 0.25) is 0 Å². The summed E-state index contributed by atoms with van der Waals surface area (Å²) >= 11 is 0. The van der Waals surface area contributed by atoms with Gasteiger partial charge in [-0.05, 0) is 43.9 Å². The molecule has 0 atom stereocenters. The summed E-state index contributed by atoms with van der Waals surface area (Å²) in [4.78, 5) is 17.1. The van der Waals surface area contributed by atoms with E-state index in [1.165, 1.54) is 10.6 Å². The van der Waals surface area contributed by atoms with Gasteiger partial charge in [0.2, 0.25) is 5.91 Å². The lowest BCUT2D eigenvalue weighted by molar-refractivity contribution is -0.197. The summed E-state index contributed by atoms with van der Waals surface area (Å²) in [6.07, 6.45) is 3.27. The topological polar surface area (TPSA) is 38.8 Å². The number of ether oxygens (including phenoxy) is 1. The zero-order chi connectivity index (χ0) is 13.5. The number of hydrogen-bond donors (Lipinski definition) is 0. The minimum atomic E-state index is 0.0625. The van der Waals surface area contributed by atoms with Crippen molar-refractivity contribution >= 4 is 5.91 Å². The van der Waals surface area contributed by atoms with Crippen LogP contribution in [-0.2, 0) is 9.63 Å². The molecule has 0 aliphatic carbocycles. The summed E-state index contributed by atoms with van der Waals surface area (Å²) in [6.45, 7) is 3.97. The second-order valence-corrected chi connectivity index (χ2v) is 4.80. The molecule has 1 saturated heterocycles. The van der Waals surface area contributed by atoms with Crippen molar-refractivity contribution in [2.75, 3.05) is 19.8 Å². The highest BCUT2D eigenvalue weighted by atomic mass is 16.7. The van der Waals surface area contributed by atoms with Gasteiger partial charge in [-0.3, -0.25) is 9.63 Å². The quantitative estimate of drug-likeness (QED) is 0.767. The summed E-state index contributed by atoms with van der Waals surface area (Å²) in [5.41, 5.74) is 1.18. The van der Waals surface area contributed by atoms with E-state index in [2.05, 4.69) is 0 Å². The smallest absolute Gasteiger partial charge is 0.246 e. The highest BCUT2D eigenvalue weighted by Gasteiger charge is 2.16. The SMILES string of the molecule is Cc1cccc(OCCCC(=O)N2CCCCO2)c1. The summed E-state index contributed by atoms with van der Waals surface area (Å²) in [5.74, 6) is 0.925. The summed E-state index contributed by atoms with van der Waals surface area (Å²) in [5, 5.41) is 1.50. The van der Waals surface area contributed by atoms with E-state index in [1.807, 2.05) is 31.2 Å². The Hall–Kier alpha value is -1.55. The lowest BCUT2D eigenvalue weighted by atomic mass is 10.2. The third kappa shape index (κ3) is 4.56. The van der Waals surface area contributed by atoms with Crippen molar-refractivity contribution in [1.29, 1.82) is 0 Å². The van der Waals surface area contributed by atoms with Gasteiger partial charge in [0.25, 0.3) is 0 Å². The van der Waals surface area contributed by atoms with Crippen molar-refractivity contribution < 1.29 is 14.4 Å². The Balaban J connectivity index is 1.65. The number of carbonyl (C=O) groups is 1. The molecular weight excluding hydrogens is 242 g/mol. The molecule has 0 spiro atoms. The van der Waals surface area contributed by atoms with E-state index in [1.54, 1.807) is 0 Å². The van der Waals surface area contributed by atoms with Crippen LogP contribution in [0.5, 0.6) is 5.75 Å². The lowest BCUT2D eigenvalue weighted by Crippen LogP contribution is -2.35. The number of benzene rings is 1. The largest absolute Gasteiger partial charge is 0.494 e. The lowest BCUT2D eigenvalue weighted by Gasteiger charge is -2.25. The van der Waals surface area contributed by atoms with Gasteiger partial charge < -0.3 is 4.74 Å². The molecule has 0 bridgehead atoms. The number of hydroxylamine groups is 2. The molecule has 0 radical (unpaired) electrons. The summed E-state index contributed by atoms with van der Waals surface area (Å²) < 4.78 is 5.61. The molecule has 1 aromatic rings. The average Bonchev–Trinajstić information content (AvgIpc) is 2.44. The molecule has 1 aliphatic heterocycles. The Morgan fingerprint density at radius 1 is 1.42 bits per heavy atom. The molecule has 0 aromatic heterocycles. The standard InChI is InChI=1S/C15H21NO3/c1-13-6-4-7-14(12-13)18-10-5-8-15(17)16-9-2-3-11-19-16/h4,6-7,12H,2-3,5,8-11H2,1H3. The van der Waals surface area contributed by atoms with Gasteiger partial charge in [-0.25, -0.2) is 5.06 Å². The fourth-order valence-electron chi connectivity index (χ4n) is 2.04. The Morgan fingerprint density at radius 3 is 3.05 bits per heavy atom.